The van der Waals surface area contributed by atoms with Crippen LogP contribution < -0.4 is 28.4 Å². The van der Waals surface area contributed by atoms with Crippen molar-refractivity contribution in [2.75, 3.05) is 68.5 Å². The second-order valence-corrected chi connectivity index (χ2v) is 19.2. The van der Waals surface area contributed by atoms with Crippen molar-refractivity contribution in [2.45, 2.75) is 46.3 Å². The summed E-state index contributed by atoms with van der Waals surface area (Å²) in [6.45, 7) is 9.97. The number of aryl methyl sites for hydroxylation is 2. The molecule has 2 aromatic heterocycles. The van der Waals surface area contributed by atoms with Gasteiger partial charge in [0.25, 0.3) is 0 Å². The maximum Gasteiger partial charge on any atom is 0.189 e. The van der Waals surface area contributed by atoms with E-state index in [4.69, 9.17) is 47.4 Å². The number of ether oxygens (including phenoxy) is 10. The van der Waals surface area contributed by atoms with Gasteiger partial charge in [-0.1, -0.05) is 72.8 Å². The average molecular weight is 1040 g/mol. The largest absolute Gasteiger partial charge is 0.497 e. The Balaban J connectivity index is 1.00. The quantitative estimate of drug-likeness (QED) is 0.0429. The highest BCUT2D eigenvalue weighted by Gasteiger charge is 2.26. The fourth-order valence-electron chi connectivity index (χ4n) is 10.4. The summed E-state index contributed by atoms with van der Waals surface area (Å²) in [5, 5.41) is 4.58. The Morgan fingerprint density at radius 3 is 1.12 bits per heavy atom. The third-order valence-corrected chi connectivity index (χ3v) is 13.8. The topological polar surface area (TPSA) is 102 Å². The Labute approximate surface area is 450 Å². The lowest BCUT2D eigenvalue weighted by Crippen LogP contribution is -2.23. The number of nitrogens with zero attached hydrogens (tertiary/aromatic N) is 2. The summed E-state index contributed by atoms with van der Waals surface area (Å²) in [5.74, 6) is 3.94. The minimum Gasteiger partial charge on any atom is -0.497 e. The van der Waals surface area contributed by atoms with Crippen LogP contribution in [0.2, 0.25) is 0 Å². The normalized spacial score (nSPS) is 12.4. The van der Waals surface area contributed by atoms with Crippen LogP contribution in [-0.2, 0) is 18.9 Å². The molecule has 0 spiro atoms. The first-order chi connectivity index (χ1) is 37.7. The van der Waals surface area contributed by atoms with Gasteiger partial charge in [0.05, 0.1) is 86.3 Å². The zero-order chi connectivity index (χ0) is 53.4. The standard InChI is InChI=1S/C65H66N2O10/c1-42-33-54(64(74-40-72-31-29-68-5)60(35-42)66-56-21-13-9-17-48(56)49-18-10-14-22-57(49)66)52-38-46(70-7)25-27-62(52)76-44(3)37-45(4)77-63-28-26-47(71-8)39-53(63)55-34-43(2)36-61(65(55)75-41-73-32-30-69-6)67-58-23-15-11-19-50(58)51-20-12-16-24-59(51)67/h9-28,33-36,38-39,44-45H,29-32,37,40-41H2,1-8H3/t44-,45-/m0/s1. The molecule has 2 atom stereocenters. The second-order valence-electron chi connectivity index (χ2n) is 19.2. The minimum absolute atomic E-state index is 0.00212. The van der Waals surface area contributed by atoms with Gasteiger partial charge in [-0.3, -0.25) is 0 Å². The molecular weight excluding hydrogens is 969 g/mol. The van der Waals surface area contributed by atoms with Gasteiger partial charge in [-0.2, -0.15) is 0 Å². The van der Waals surface area contributed by atoms with Gasteiger partial charge in [-0.05, 0) is 124 Å². The Kier molecular flexibility index (Phi) is 16.3. The van der Waals surface area contributed by atoms with Crippen LogP contribution in [0.15, 0.2) is 158 Å². The molecule has 0 N–H and O–H groups in total. The monoisotopic (exact) mass is 1030 g/mol. The number of aromatic nitrogens is 2. The van der Waals surface area contributed by atoms with E-state index in [2.05, 4.69) is 158 Å². The maximum absolute atomic E-state index is 7.01. The summed E-state index contributed by atoms with van der Waals surface area (Å²) in [6.07, 6.45) is -0.0945. The van der Waals surface area contributed by atoms with Crippen molar-refractivity contribution >= 4 is 43.6 Å². The molecule has 0 saturated heterocycles. The highest BCUT2D eigenvalue weighted by Crippen LogP contribution is 2.47. The summed E-state index contributed by atoms with van der Waals surface area (Å²) in [6, 6.07) is 54.2. The number of benzene rings is 8. The van der Waals surface area contributed by atoms with Gasteiger partial charge >= 0.3 is 0 Å². The lowest BCUT2D eigenvalue weighted by atomic mass is 9.99. The summed E-state index contributed by atoms with van der Waals surface area (Å²) in [7, 11) is 6.65. The third-order valence-electron chi connectivity index (χ3n) is 13.8. The second kappa shape index (κ2) is 23.9. The number of hydrogen-bond acceptors (Lipinski definition) is 10. The molecule has 0 radical (unpaired) electrons. The van der Waals surface area contributed by atoms with Crippen LogP contribution in [0.3, 0.4) is 0 Å². The first kappa shape index (κ1) is 52.4. The molecule has 0 saturated carbocycles. The van der Waals surface area contributed by atoms with Gasteiger partial charge < -0.3 is 56.5 Å². The zero-order valence-electron chi connectivity index (χ0n) is 45.1. The van der Waals surface area contributed by atoms with Crippen LogP contribution >= 0.6 is 0 Å². The Morgan fingerprint density at radius 2 is 0.766 bits per heavy atom. The SMILES string of the molecule is COCCOCOc1c(-c2cc(OC)ccc2O[C@@H](C)C[C@H](C)Oc2ccc(OC)cc2-c2cc(C)cc(-n3c4ccccc4c4ccccc43)c2OCOCCOC)cc(C)cc1-n1c2ccccc2c2ccccc21. The van der Waals surface area contributed by atoms with E-state index in [1.54, 1.807) is 28.4 Å². The predicted octanol–water partition coefficient (Wildman–Crippen LogP) is 14.5. The van der Waals surface area contributed by atoms with E-state index in [9.17, 15) is 0 Å². The molecule has 0 aliphatic carbocycles. The van der Waals surface area contributed by atoms with Gasteiger partial charge in [0.2, 0.25) is 0 Å². The fraction of sp³-hybridized carbons (Fsp3) is 0.262. The van der Waals surface area contributed by atoms with Gasteiger partial charge in [0, 0.05) is 64.4 Å². The van der Waals surface area contributed by atoms with Crippen molar-refractivity contribution in [3.63, 3.8) is 0 Å². The smallest absolute Gasteiger partial charge is 0.189 e. The molecule has 12 heteroatoms. The molecule has 0 fully saturated rings. The molecule has 0 aliphatic heterocycles. The van der Waals surface area contributed by atoms with Crippen LogP contribution in [0.1, 0.15) is 31.4 Å². The van der Waals surface area contributed by atoms with Gasteiger partial charge in [-0.15, -0.1) is 0 Å². The number of para-hydroxylation sites is 4. The number of fused-ring (bicyclic) bond motifs is 6. The summed E-state index contributed by atoms with van der Waals surface area (Å²) >= 11 is 0. The lowest BCUT2D eigenvalue weighted by Gasteiger charge is -2.25. The highest BCUT2D eigenvalue weighted by atomic mass is 16.7. The van der Waals surface area contributed by atoms with Crippen molar-refractivity contribution in [2.24, 2.45) is 0 Å². The van der Waals surface area contributed by atoms with Crippen molar-refractivity contribution < 1.29 is 47.4 Å². The number of hydrogen-bond donors (Lipinski definition) is 0. The minimum atomic E-state index is -0.314. The molecule has 8 aromatic carbocycles. The van der Waals surface area contributed by atoms with E-state index in [1.165, 1.54) is 0 Å². The van der Waals surface area contributed by atoms with E-state index in [0.29, 0.717) is 67.3 Å². The third kappa shape index (κ3) is 11.0. The lowest BCUT2D eigenvalue weighted by molar-refractivity contribution is -0.00830. The van der Waals surface area contributed by atoms with Gasteiger partial charge in [-0.25, -0.2) is 0 Å². The Hall–Kier alpha value is -8.00. The molecule has 0 amide bonds. The fourth-order valence-corrected chi connectivity index (χ4v) is 10.4. The van der Waals surface area contributed by atoms with E-state index >= 15 is 0 Å². The Morgan fingerprint density at radius 1 is 0.403 bits per heavy atom. The van der Waals surface area contributed by atoms with Gasteiger partial charge in [0.1, 0.15) is 23.0 Å². The van der Waals surface area contributed by atoms with Crippen LogP contribution in [0.4, 0.5) is 0 Å². The highest BCUT2D eigenvalue weighted by molar-refractivity contribution is 6.10. The summed E-state index contributed by atoms with van der Waals surface area (Å²) in [4.78, 5) is 0. The molecule has 77 heavy (non-hydrogen) atoms. The van der Waals surface area contributed by atoms with Crippen LogP contribution in [-0.4, -0.2) is 89.8 Å². The van der Waals surface area contributed by atoms with Crippen molar-refractivity contribution in [3.8, 4) is 68.1 Å². The predicted molar refractivity (Wildman–Crippen MR) is 306 cm³/mol. The maximum atomic E-state index is 7.01. The molecular formula is C65H66N2O10. The molecule has 0 unspecified atom stereocenters. The molecule has 12 nitrogen and oxygen atoms in total. The molecule has 10 rings (SSSR count). The van der Waals surface area contributed by atoms with Crippen LogP contribution in [0.5, 0.6) is 34.5 Å². The van der Waals surface area contributed by atoms with Crippen molar-refractivity contribution in [3.05, 3.63) is 169 Å². The van der Waals surface area contributed by atoms with E-state index in [0.717, 1.165) is 88.4 Å². The summed E-state index contributed by atoms with van der Waals surface area (Å²) in [5.41, 5.74) is 11.3. The average Bonchev–Trinajstić information content (AvgIpc) is 4.05. The summed E-state index contributed by atoms with van der Waals surface area (Å²) < 4.78 is 66.3. The first-order valence-corrected chi connectivity index (χ1v) is 26.0. The molecule has 10 aromatic rings. The Bertz CT molecular complexity index is 3330. The molecule has 396 valence electrons. The van der Waals surface area contributed by atoms with E-state index < -0.39 is 0 Å². The van der Waals surface area contributed by atoms with Crippen molar-refractivity contribution in [1.82, 2.24) is 9.13 Å². The van der Waals surface area contributed by atoms with E-state index in [1.807, 2.05) is 36.4 Å². The zero-order valence-corrected chi connectivity index (χ0v) is 45.1. The molecule has 2 heterocycles. The van der Waals surface area contributed by atoms with E-state index in [-0.39, 0.29) is 25.8 Å². The molecule has 0 aliphatic rings. The first-order valence-electron chi connectivity index (χ1n) is 26.0. The van der Waals surface area contributed by atoms with Crippen molar-refractivity contribution in [1.29, 1.82) is 0 Å². The van der Waals surface area contributed by atoms with Crippen LogP contribution in [0, 0.1) is 13.8 Å². The van der Waals surface area contributed by atoms with Crippen LogP contribution in [0.25, 0.3) is 77.2 Å². The number of rotatable bonds is 24. The number of methoxy groups -OCH3 is 4. The van der Waals surface area contributed by atoms with Gasteiger partial charge in [0.15, 0.2) is 25.1 Å². The molecule has 0 bridgehead atoms.